The normalized spacial score (nSPS) is 10.0. The molecular weight excluding hydrogens is 216 g/mol. The summed E-state index contributed by atoms with van der Waals surface area (Å²) in [4.78, 5) is 0. The molecule has 0 aromatic heterocycles. The highest BCUT2D eigenvalue weighted by atomic mass is 32.2. The smallest absolute Gasteiger partial charge is 0.0700 e. The highest BCUT2D eigenvalue weighted by Crippen LogP contribution is 1.99. The van der Waals surface area contributed by atoms with Crippen molar-refractivity contribution in [3.05, 3.63) is 24.0 Å². The van der Waals surface area contributed by atoms with Crippen LogP contribution >= 0.6 is 23.5 Å². The zero-order valence-corrected chi connectivity index (χ0v) is 10.1. The summed E-state index contributed by atoms with van der Waals surface area (Å²) in [6, 6.07) is 0. The average Bonchev–Trinajstić information content (AvgIpc) is 2.21. The summed E-state index contributed by atoms with van der Waals surface area (Å²) in [6.07, 6.45) is 0. The van der Waals surface area contributed by atoms with E-state index in [1.54, 1.807) is 23.5 Å². The van der Waals surface area contributed by atoms with Crippen LogP contribution in [0.3, 0.4) is 0 Å². The van der Waals surface area contributed by atoms with Gasteiger partial charge in [-0.25, -0.2) is 0 Å². The van der Waals surface area contributed by atoms with Gasteiger partial charge in [0.05, 0.1) is 26.4 Å². The molecule has 0 aromatic carbocycles. The van der Waals surface area contributed by atoms with Gasteiger partial charge >= 0.3 is 0 Å². The van der Waals surface area contributed by atoms with Crippen LogP contribution in [0.1, 0.15) is 0 Å². The van der Waals surface area contributed by atoms with Crippen molar-refractivity contribution >= 4 is 23.5 Å². The van der Waals surface area contributed by atoms with Gasteiger partial charge < -0.3 is 9.47 Å². The molecule has 0 radical (unpaired) electrons. The lowest BCUT2D eigenvalue weighted by Crippen LogP contribution is -2.07. The Kier molecular flexibility index (Phi) is 13.2. The Hall–Kier alpha value is 0.1000. The largest absolute Gasteiger partial charge is 0.378 e. The lowest BCUT2D eigenvalue weighted by molar-refractivity contribution is 0.0605. The summed E-state index contributed by atoms with van der Waals surface area (Å²) in [7, 11) is 0. The maximum atomic E-state index is 5.32. The van der Waals surface area contributed by atoms with Gasteiger partial charge in [0.1, 0.15) is 0 Å². The lowest BCUT2D eigenvalue weighted by Gasteiger charge is -2.04. The lowest BCUT2D eigenvalue weighted by atomic mass is 10.7. The third-order valence-electron chi connectivity index (χ3n) is 1.30. The van der Waals surface area contributed by atoms with Crippen molar-refractivity contribution in [2.75, 3.05) is 37.9 Å². The minimum absolute atomic E-state index is 0.677. The second kappa shape index (κ2) is 13.1. The van der Waals surface area contributed by atoms with Gasteiger partial charge in [-0.15, -0.1) is 23.5 Å². The van der Waals surface area contributed by atoms with Gasteiger partial charge in [0.25, 0.3) is 0 Å². The van der Waals surface area contributed by atoms with Crippen LogP contribution in [0.25, 0.3) is 0 Å². The minimum atomic E-state index is 0.677. The van der Waals surface area contributed by atoms with Crippen LogP contribution in [0, 0.1) is 0 Å². The topological polar surface area (TPSA) is 18.5 Å². The Morgan fingerprint density at radius 3 is 1.57 bits per heavy atom. The van der Waals surface area contributed by atoms with Crippen molar-refractivity contribution in [1.29, 1.82) is 0 Å². The van der Waals surface area contributed by atoms with Crippen molar-refractivity contribution in [1.82, 2.24) is 0 Å². The summed E-state index contributed by atoms with van der Waals surface area (Å²) >= 11 is 3.33. The van der Waals surface area contributed by atoms with E-state index >= 15 is 0 Å². The van der Waals surface area contributed by atoms with Crippen molar-refractivity contribution in [3.63, 3.8) is 0 Å². The summed E-state index contributed by atoms with van der Waals surface area (Å²) in [6.45, 7) is 10.1. The number of hydrogen-bond donors (Lipinski definition) is 0. The summed E-state index contributed by atoms with van der Waals surface area (Å²) in [5, 5.41) is 3.65. The molecule has 14 heavy (non-hydrogen) atoms. The molecule has 0 aliphatic heterocycles. The van der Waals surface area contributed by atoms with Crippen molar-refractivity contribution in [3.8, 4) is 0 Å². The SMILES string of the molecule is C=CSCCOCCOCCSC=C. The second-order valence-electron chi connectivity index (χ2n) is 2.30. The standard InChI is InChI=1S/C10H18O2S2/c1-3-13-9-7-11-5-6-12-8-10-14-4-2/h3-4H,1-2,5-10H2. The molecule has 82 valence electrons. The molecule has 0 saturated heterocycles. The Morgan fingerprint density at radius 2 is 1.21 bits per heavy atom. The first-order valence-electron chi connectivity index (χ1n) is 4.52. The van der Waals surface area contributed by atoms with E-state index in [0.29, 0.717) is 13.2 Å². The highest BCUT2D eigenvalue weighted by molar-refractivity contribution is 8.02. The fourth-order valence-electron chi connectivity index (χ4n) is 0.703. The van der Waals surface area contributed by atoms with E-state index < -0.39 is 0 Å². The van der Waals surface area contributed by atoms with Gasteiger partial charge in [0.15, 0.2) is 0 Å². The van der Waals surface area contributed by atoms with Gasteiger partial charge in [0.2, 0.25) is 0 Å². The van der Waals surface area contributed by atoms with E-state index in [0.717, 1.165) is 24.7 Å². The molecule has 2 nitrogen and oxygen atoms in total. The van der Waals surface area contributed by atoms with Crippen LogP contribution in [0.5, 0.6) is 0 Å². The van der Waals surface area contributed by atoms with Gasteiger partial charge in [-0.2, -0.15) is 0 Å². The quantitative estimate of drug-likeness (QED) is 0.511. The highest BCUT2D eigenvalue weighted by Gasteiger charge is 1.89. The first-order chi connectivity index (χ1) is 6.91. The molecule has 0 spiro atoms. The van der Waals surface area contributed by atoms with E-state index in [4.69, 9.17) is 9.47 Å². The van der Waals surface area contributed by atoms with Crippen molar-refractivity contribution < 1.29 is 9.47 Å². The Morgan fingerprint density at radius 1 is 0.786 bits per heavy atom. The van der Waals surface area contributed by atoms with Crippen LogP contribution in [0.15, 0.2) is 24.0 Å². The number of hydrogen-bond acceptors (Lipinski definition) is 4. The summed E-state index contributed by atoms with van der Waals surface area (Å²) < 4.78 is 10.6. The third kappa shape index (κ3) is 12.1. The predicted octanol–water partition coefficient (Wildman–Crippen LogP) is 2.77. The molecule has 0 fully saturated rings. The van der Waals surface area contributed by atoms with Crippen LogP contribution in [0.4, 0.5) is 0 Å². The molecule has 0 aromatic rings. The van der Waals surface area contributed by atoms with E-state index in [-0.39, 0.29) is 0 Å². The zero-order chi connectivity index (χ0) is 10.5. The van der Waals surface area contributed by atoms with Gasteiger partial charge in [0, 0.05) is 11.5 Å². The zero-order valence-electron chi connectivity index (χ0n) is 8.44. The molecule has 0 aliphatic rings. The predicted molar refractivity (Wildman–Crippen MR) is 66.9 cm³/mol. The molecule has 0 rings (SSSR count). The summed E-state index contributed by atoms with van der Waals surface area (Å²) in [5.74, 6) is 1.94. The molecule has 0 unspecified atom stereocenters. The Balaban J connectivity index is 2.84. The fourth-order valence-corrected chi connectivity index (χ4v) is 1.46. The summed E-state index contributed by atoms with van der Waals surface area (Å²) in [5.41, 5.74) is 0. The van der Waals surface area contributed by atoms with Gasteiger partial charge in [-0.1, -0.05) is 13.2 Å². The first-order valence-corrected chi connectivity index (χ1v) is 6.62. The monoisotopic (exact) mass is 234 g/mol. The molecule has 0 bridgehead atoms. The molecule has 0 saturated carbocycles. The Bertz CT molecular complexity index is 124. The van der Waals surface area contributed by atoms with Gasteiger partial charge in [-0.3, -0.25) is 0 Å². The molecule has 0 atom stereocenters. The van der Waals surface area contributed by atoms with Crippen LogP contribution in [-0.4, -0.2) is 37.9 Å². The average molecular weight is 234 g/mol. The van der Waals surface area contributed by atoms with Crippen molar-refractivity contribution in [2.45, 2.75) is 0 Å². The number of ether oxygens (including phenoxy) is 2. The van der Waals surface area contributed by atoms with Crippen molar-refractivity contribution in [2.24, 2.45) is 0 Å². The molecule has 4 heteroatoms. The van der Waals surface area contributed by atoms with E-state index in [9.17, 15) is 0 Å². The van der Waals surface area contributed by atoms with E-state index in [1.807, 2.05) is 10.8 Å². The maximum absolute atomic E-state index is 5.32. The van der Waals surface area contributed by atoms with Crippen LogP contribution < -0.4 is 0 Å². The third-order valence-corrected chi connectivity index (χ3v) is 2.57. The fraction of sp³-hybridized carbons (Fsp3) is 0.600. The molecule has 0 amide bonds. The number of rotatable bonds is 11. The maximum Gasteiger partial charge on any atom is 0.0700 e. The van der Waals surface area contributed by atoms with Crippen LogP contribution in [0.2, 0.25) is 0 Å². The van der Waals surface area contributed by atoms with Gasteiger partial charge in [-0.05, 0) is 10.8 Å². The van der Waals surface area contributed by atoms with Crippen LogP contribution in [-0.2, 0) is 9.47 Å². The van der Waals surface area contributed by atoms with E-state index in [2.05, 4.69) is 13.2 Å². The molecule has 0 heterocycles. The van der Waals surface area contributed by atoms with E-state index in [1.165, 1.54) is 0 Å². The first kappa shape index (κ1) is 14.1. The number of thioether (sulfide) groups is 2. The Labute approximate surface area is 95.1 Å². The molecular formula is C10H18O2S2. The molecule has 0 N–H and O–H groups in total. The second-order valence-corrected chi connectivity index (χ2v) is 4.45. The molecule has 0 aliphatic carbocycles. The minimum Gasteiger partial charge on any atom is -0.378 e.